The number of nitrogens with one attached hydrogen (secondary N) is 1. The number of hydrogen-bond acceptors (Lipinski definition) is 5. The Morgan fingerprint density at radius 2 is 2.00 bits per heavy atom. The molecule has 1 N–H and O–H groups in total. The Morgan fingerprint density at radius 1 is 1.16 bits per heavy atom. The molecular formula is C20H32N2O3. The Balaban J connectivity index is 1.55. The first-order valence-corrected chi connectivity index (χ1v) is 9.28. The fourth-order valence-corrected chi connectivity index (χ4v) is 2.82. The minimum Gasteiger partial charge on any atom is -0.493 e. The Hall–Kier alpha value is -1.56. The summed E-state index contributed by atoms with van der Waals surface area (Å²) in [6, 6.07) is 6.03. The number of benzene rings is 1. The Kier molecular flexibility index (Phi) is 9.41. The van der Waals surface area contributed by atoms with Crippen LogP contribution in [0.25, 0.3) is 6.08 Å². The summed E-state index contributed by atoms with van der Waals surface area (Å²) >= 11 is 0. The number of rotatable bonds is 11. The van der Waals surface area contributed by atoms with E-state index in [1.807, 2.05) is 31.2 Å². The summed E-state index contributed by atoms with van der Waals surface area (Å²) in [7, 11) is 1.68. The molecule has 5 heteroatoms. The second-order valence-corrected chi connectivity index (χ2v) is 6.17. The Bertz CT molecular complexity index is 514. The number of morpholine rings is 1. The predicted octanol–water partition coefficient (Wildman–Crippen LogP) is 2.81. The molecule has 0 bridgehead atoms. The van der Waals surface area contributed by atoms with E-state index in [0.717, 1.165) is 75.8 Å². The number of ether oxygens (including phenoxy) is 3. The molecule has 1 aromatic rings. The van der Waals surface area contributed by atoms with E-state index in [1.165, 1.54) is 0 Å². The summed E-state index contributed by atoms with van der Waals surface area (Å²) in [6.07, 6.45) is 6.21. The number of allylic oxidation sites excluding steroid dienone is 1. The van der Waals surface area contributed by atoms with E-state index in [4.69, 9.17) is 14.2 Å². The van der Waals surface area contributed by atoms with Crippen molar-refractivity contribution < 1.29 is 14.2 Å². The summed E-state index contributed by atoms with van der Waals surface area (Å²) in [4.78, 5) is 2.45. The molecule has 1 heterocycles. The smallest absolute Gasteiger partial charge is 0.161 e. The highest BCUT2D eigenvalue weighted by Crippen LogP contribution is 2.28. The van der Waals surface area contributed by atoms with Crippen molar-refractivity contribution in [2.24, 2.45) is 0 Å². The number of nitrogens with zero attached hydrogens (tertiary/aromatic N) is 1. The van der Waals surface area contributed by atoms with Gasteiger partial charge in [-0.25, -0.2) is 0 Å². The predicted molar refractivity (Wildman–Crippen MR) is 103 cm³/mol. The molecule has 0 radical (unpaired) electrons. The van der Waals surface area contributed by atoms with Crippen molar-refractivity contribution in [3.8, 4) is 11.5 Å². The number of hydrogen-bond donors (Lipinski definition) is 1. The molecule has 0 aliphatic carbocycles. The van der Waals surface area contributed by atoms with Crippen molar-refractivity contribution in [3.63, 3.8) is 0 Å². The summed E-state index contributed by atoms with van der Waals surface area (Å²) in [5, 5.41) is 3.51. The van der Waals surface area contributed by atoms with Gasteiger partial charge in [-0.05, 0) is 44.0 Å². The van der Waals surface area contributed by atoms with Crippen LogP contribution in [-0.4, -0.2) is 64.6 Å². The fraction of sp³-hybridized carbons (Fsp3) is 0.600. The quantitative estimate of drug-likeness (QED) is 0.623. The Morgan fingerprint density at radius 3 is 2.76 bits per heavy atom. The van der Waals surface area contributed by atoms with Gasteiger partial charge >= 0.3 is 0 Å². The van der Waals surface area contributed by atoms with Crippen LogP contribution in [0.3, 0.4) is 0 Å². The van der Waals surface area contributed by atoms with E-state index in [0.29, 0.717) is 6.61 Å². The van der Waals surface area contributed by atoms with Crippen LogP contribution < -0.4 is 14.8 Å². The highest BCUT2D eigenvalue weighted by Gasteiger charge is 2.08. The first kappa shape index (κ1) is 19.8. The van der Waals surface area contributed by atoms with Crippen LogP contribution >= 0.6 is 0 Å². The molecule has 0 atom stereocenters. The fourth-order valence-electron chi connectivity index (χ4n) is 2.82. The first-order valence-electron chi connectivity index (χ1n) is 9.28. The van der Waals surface area contributed by atoms with Gasteiger partial charge in [0.15, 0.2) is 11.5 Å². The van der Waals surface area contributed by atoms with E-state index in [-0.39, 0.29) is 0 Å². The van der Waals surface area contributed by atoms with Crippen LogP contribution in [0.1, 0.15) is 25.3 Å². The van der Waals surface area contributed by atoms with Crippen LogP contribution in [0, 0.1) is 0 Å². The highest BCUT2D eigenvalue weighted by molar-refractivity contribution is 5.55. The maximum atomic E-state index is 5.86. The van der Waals surface area contributed by atoms with Gasteiger partial charge in [0.2, 0.25) is 0 Å². The molecule has 1 aromatic carbocycles. The van der Waals surface area contributed by atoms with E-state index in [1.54, 1.807) is 7.11 Å². The molecule has 0 spiro atoms. The highest BCUT2D eigenvalue weighted by atomic mass is 16.5. The van der Waals surface area contributed by atoms with Crippen molar-refractivity contribution in [1.29, 1.82) is 0 Å². The molecule has 0 saturated carbocycles. The Labute approximate surface area is 151 Å². The molecular weight excluding hydrogens is 316 g/mol. The average Bonchev–Trinajstić information content (AvgIpc) is 2.65. The molecule has 1 aliphatic rings. The molecule has 1 fully saturated rings. The molecule has 1 saturated heterocycles. The van der Waals surface area contributed by atoms with Gasteiger partial charge in [0.05, 0.1) is 26.9 Å². The normalized spacial score (nSPS) is 15.6. The SMILES string of the molecule is CC=Cc1ccc(OCCCCNCCN2CCOCC2)c(OC)c1. The number of unbranched alkanes of at least 4 members (excludes halogenated alkanes) is 1. The minimum atomic E-state index is 0.713. The minimum absolute atomic E-state index is 0.713. The van der Waals surface area contributed by atoms with Crippen LogP contribution in [0.15, 0.2) is 24.3 Å². The van der Waals surface area contributed by atoms with E-state index >= 15 is 0 Å². The third kappa shape index (κ3) is 7.46. The molecule has 0 amide bonds. The van der Waals surface area contributed by atoms with Gasteiger partial charge < -0.3 is 19.5 Å². The van der Waals surface area contributed by atoms with Gasteiger partial charge in [-0.3, -0.25) is 4.90 Å². The third-order valence-corrected chi connectivity index (χ3v) is 4.26. The molecule has 25 heavy (non-hydrogen) atoms. The molecule has 0 aromatic heterocycles. The zero-order valence-electron chi connectivity index (χ0n) is 15.6. The summed E-state index contributed by atoms with van der Waals surface area (Å²) < 4.78 is 16.6. The first-order chi connectivity index (χ1) is 12.3. The molecule has 5 nitrogen and oxygen atoms in total. The second kappa shape index (κ2) is 11.9. The lowest BCUT2D eigenvalue weighted by Gasteiger charge is -2.26. The molecule has 2 rings (SSSR count). The van der Waals surface area contributed by atoms with Gasteiger partial charge in [0.25, 0.3) is 0 Å². The van der Waals surface area contributed by atoms with Gasteiger partial charge in [0, 0.05) is 26.2 Å². The van der Waals surface area contributed by atoms with Crippen molar-refractivity contribution in [2.75, 3.05) is 59.7 Å². The van der Waals surface area contributed by atoms with Crippen LogP contribution in [0.4, 0.5) is 0 Å². The molecule has 140 valence electrons. The maximum Gasteiger partial charge on any atom is 0.161 e. The maximum absolute atomic E-state index is 5.86. The lowest BCUT2D eigenvalue weighted by Crippen LogP contribution is -2.40. The molecule has 1 aliphatic heterocycles. The van der Waals surface area contributed by atoms with E-state index in [2.05, 4.69) is 16.3 Å². The third-order valence-electron chi connectivity index (χ3n) is 4.26. The van der Waals surface area contributed by atoms with E-state index < -0.39 is 0 Å². The van der Waals surface area contributed by atoms with Crippen LogP contribution in [-0.2, 0) is 4.74 Å². The van der Waals surface area contributed by atoms with E-state index in [9.17, 15) is 0 Å². The monoisotopic (exact) mass is 348 g/mol. The van der Waals surface area contributed by atoms with Crippen molar-refractivity contribution in [2.45, 2.75) is 19.8 Å². The van der Waals surface area contributed by atoms with Gasteiger partial charge in [-0.1, -0.05) is 18.2 Å². The van der Waals surface area contributed by atoms with Gasteiger partial charge in [-0.2, -0.15) is 0 Å². The van der Waals surface area contributed by atoms with Crippen LogP contribution in [0.2, 0.25) is 0 Å². The van der Waals surface area contributed by atoms with Crippen LogP contribution in [0.5, 0.6) is 11.5 Å². The summed E-state index contributed by atoms with van der Waals surface area (Å²) in [5.74, 6) is 1.61. The summed E-state index contributed by atoms with van der Waals surface area (Å²) in [5.41, 5.74) is 1.12. The zero-order chi connectivity index (χ0) is 17.7. The average molecular weight is 348 g/mol. The lowest BCUT2D eigenvalue weighted by atomic mass is 10.2. The van der Waals surface area contributed by atoms with Gasteiger partial charge in [0.1, 0.15) is 0 Å². The van der Waals surface area contributed by atoms with Crippen molar-refractivity contribution in [3.05, 3.63) is 29.8 Å². The van der Waals surface area contributed by atoms with Gasteiger partial charge in [-0.15, -0.1) is 0 Å². The zero-order valence-corrected chi connectivity index (χ0v) is 15.6. The standard InChI is InChI=1S/C20H32N2O3/c1-3-6-18-7-8-19(20(17-18)23-2)25-14-5-4-9-21-10-11-22-12-15-24-16-13-22/h3,6-8,17,21H,4-5,9-16H2,1-2H3. The second-order valence-electron chi connectivity index (χ2n) is 6.17. The number of methoxy groups -OCH3 is 1. The summed E-state index contributed by atoms with van der Waals surface area (Å²) in [6.45, 7) is 9.76. The lowest BCUT2D eigenvalue weighted by molar-refractivity contribution is 0.0384. The molecule has 0 unspecified atom stereocenters. The van der Waals surface area contributed by atoms with Crippen molar-refractivity contribution in [1.82, 2.24) is 10.2 Å². The largest absolute Gasteiger partial charge is 0.493 e. The van der Waals surface area contributed by atoms with Crippen molar-refractivity contribution >= 4 is 6.08 Å². The topological polar surface area (TPSA) is 43.0 Å².